The Balaban J connectivity index is 1.96. The van der Waals surface area contributed by atoms with Gasteiger partial charge < -0.3 is 10.2 Å². The van der Waals surface area contributed by atoms with Crippen LogP contribution >= 0.6 is 0 Å². The first-order valence-corrected chi connectivity index (χ1v) is 10.4. The number of phenolic OH excluding ortho intramolecular Hbond substituents is 2. The molecule has 0 heterocycles. The number of nitrogens with zero attached hydrogens (tertiary/aromatic N) is 3. The average Bonchev–Trinajstić information content (AvgIpc) is 2.72. The standard InChI is InChI=1S/C20H18N4O6S/c1-13-4-2-3-5-16(13)23-31(29,30)20-11-15(24(27)28)7-8-17(20)22-21-12-14-6-9-18(25)19(26)10-14/h2-11,23,25-26H,12H2,1H3. The van der Waals surface area contributed by atoms with Gasteiger partial charge in [-0.1, -0.05) is 24.3 Å². The average molecular weight is 442 g/mol. The van der Waals surface area contributed by atoms with E-state index in [2.05, 4.69) is 15.0 Å². The first-order chi connectivity index (χ1) is 14.7. The van der Waals surface area contributed by atoms with Gasteiger partial charge in [0, 0.05) is 12.1 Å². The van der Waals surface area contributed by atoms with Crippen LogP contribution in [0.3, 0.4) is 0 Å². The molecule has 0 saturated carbocycles. The molecule has 0 aliphatic heterocycles. The minimum absolute atomic E-state index is 0.0183. The molecule has 160 valence electrons. The van der Waals surface area contributed by atoms with Gasteiger partial charge in [0.2, 0.25) is 0 Å². The predicted molar refractivity (Wildman–Crippen MR) is 113 cm³/mol. The number of aryl methyl sites for hydroxylation is 1. The molecule has 0 saturated heterocycles. The molecule has 11 heteroatoms. The number of phenols is 2. The SMILES string of the molecule is Cc1ccccc1NS(=O)(=O)c1cc([N+](=O)[O-])ccc1N=NCc1ccc(O)c(O)c1. The van der Waals surface area contributed by atoms with Crippen molar-refractivity contribution >= 4 is 27.1 Å². The zero-order chi connectivity index (χ0) is 22.6. The molecular formula is C20H18N4O6S. The second kappa shape index (κ2) is 8.79. The molecule has 31 heavy (non-hydrogen) atoms. The summed E-state index contributed by atoms with van der Waals surface area (Å²) in [4.78, 5) is 10.1. The van der Waals surface area contributed by atoms with Gasteiger partial charge in [0.05, 0.1) is 17.2 Å². The Kier molecular flexibility index (Phi) is 6.16. The maximum Gasteiger partial charge on any atom is 0.270 e. The van der Waals surface area contributed by atoms with Gasteiger partial charge >= 0.3 is 0 Å². The number of benzene rings is 3. The monoisotopic (exact) mass is 442 g/mol. The minimum atomic E-state index is -4.21. The lowest BCUT2D eigenvalue weighted by atomic mass is 10.2. The van der Waals surface area contributed by atoms with E-state index in [1.54, 1.807) is 31.2 Å². The number of nitro groups is 1. The van der Waals surface area contributed by atoms with Crippen LogP contribution in [0, 0.1) is 17.0 Å². The maximum atomic E-state index is 13.0. The van der Waals surface area contributed by atoms with Crippen LogP contribution in [0.2, 0.25) is 0 Å². The molecule has 0 radical (unpaired) electrons. The van der Waals surface area contributed by atoms with Crippen LogP contribution in [0.4, 0.5) is 17.1 Å². The minimum Gasteiger partial charge on any atom is -0.504 e. The van der Waals surface area contributed by atoms with Crippen molar-refractivity contribution in [3.63, 3.8) is 0 Å². The summed E-state index contributed by atoms with van der Waals surface area (Å²) < 4.78 is 28.4. The van der Waals surface area contributed by atoms with E-state index in [1.165, 1.54) is 24.3 Å². The lowest BCUT2D eigenvalue weighted by Crippen LogP contribution is -2.14. The summed E-state index contributed by atoms with van der Waals surface area (Å²) >= 11 is 0. The zero-order valence-electron chi connectivity index (χ0n) is 16.3. The number of rotatable bonds is 7. The smallest absolute Gasteiger partial charge is 0.270 e. The number of sulfonamides is 1. The number of non-ortho nitro benzene ring substituents is 1. The largest absolute Gasteiger partial charge is 0.504 e. The van der Waals surface area contributed by atoms with Crippen LogP contribution in [0.15, 0.2) is 75.8 Å². The summed E-state index contributed by atoms with van der Waals surface area (Å²) in [5, 5.41) is 37.9. The highest BCUT2D eigenvalue weighted by molar-refractivity contribution is 7.92. The summed E-state index contributed by atoms with van der Waals surface area (Å²) in [6.07, 6.45) is 0. The first kappa shape index (κ1) is 21.7. The van der Waals surface area contributed by atoms with E-state index in [0.29, 0.717) is 16.8 Å². The summed E-state index contributed by atoms with van der Waals surface area (Å²) in [6.45, 7) is 1.70. The summed E-state index contributed by atoms with van der Waals surface area (Å²) in [5.74, 6) is -0.611. The third-order valence-electron chi connectivity index (χ3n) is 4.30. The molecule has 0 aliphatic carbocycles. The topological polar surface area (TPSA) is 154 Å². The van der Waals surface area contributed by atoms with Crippen LogP contribution in [0.1, 0.15) is 11.1 Å². The third-order valence-corrected chi connectivity index (χ3v) is 5.70. The van der Waals surface area contributed by atoms with E-state index in [0.717, 1.165) is 12.1 Å². The number of anilines is 1. The Labute approximate surface area is 177 Å². The predicted octanol–water partition coefficient (Wildman–Crippen LogP) is 4.40. The van der Waals surface area contributed by atoms with Crippen molar-refractivity contribution in [1.29, 1.82) is 0 Å². The van der Waals surface area contributed by atoms with Gasteiger partial charge in [0.1, 0.15) is 10.6 Å². The van der Waals surface area contributed by atoms with Crippen molar-refractivity contribution < 1.29 is 23.6 Å². The van der Waals surface area contributed by atoms with Gasteiger partial charge in [0.25, 0.3) is 15.7 Å². The van der Waals surface area contributed by atoms with Gasteiger partial charge in [-0.05, 0) is 42.3 Å². The highest BCUT2D eigenvalue weighted by atomic mass is 32.2. The van der Waals surface area contributed by atoms with Gasteiger partial charge in [-0.2, -0.15) is 10.2 Å². The fourth-order valence-corrected chi connectivity index (χ4v) is 3.95. The van der Waals surface area contributed by atoms with Gasteiger partial charge in [0.15, 0.2) is 11.5 Å². The summed E-state index contributed by atoms with van der Waals surface area (Å²) in [5.41, 5.74) is 1.02. The number of hydrogen-bond acceptors (Lipinski definition) is 8. The normalized spacial score (nSPS) is 11.5. The molecular weight excluding hydrogens is 424 g/mol. The van der Waals surface area contributed by atoms with E-state index in [4.69, 9.17) is 0 Å². The molecule has 0 bridgehead atoms. The van der Waals surface area contributed by atoms with E-state index >= 15 is 0 Å². The fraction of sp³-hybridized carbons (Fsp3) is 0.100. The number of hydrogen-bond donors (Lipinski definition) is 3. The fourth-order valence-electron chi connectivity index (χ4n) is 2.66. The Morgan fingerprint density at radius 3 is 2.45 bits per heavy atom. The van der Waals surface area contributed by atoms with Crippen molar-refractivity contribution in [2.45, 2.75) is 18.4 Å². The van der Waals surface area contributed by atoms with Crippen molar-refractivity contribution in [3.05, 3.63) is 81.9 Å². The van der Waals surface area contributed by atoms with E-state index < -0.39 is 25.5 Å². The number of nitrogens with one attached hydrogen (secondary N) is 1. The molecule has 3 aromatic rings. The van der Waals surface area contributed by atoms with Crippen LogP contribution < -0.4 is 4.72 Å². The van der Waals surface area contributed by atoms with Crippen molar-refractivity contribution in [1.82, 2.24) is 0 Å². The van der Waals surface area contributed by atoms with Gasteiger partial charge in [-0.3, -0.25) is 14.8 Å². The Morgan fingerprint density at radius 1 is 1.03 bits per heavy atom. The lowest BCUT2D eigenvalue weighted by molar-refractivity contribution is -0.385. The van der Waals surface area contributed by atoms with Crippen LogP contribution in [0.5, 0.6) is 11.5 Å². The molecule has 0 spiro atoms. The second-order valence-electron chi connectivity index (χ2n) is 6.55. The molecule has 0 fully saturated rings. The Bertz CT molecular complexity index is 1270. The number of azo groups is 1. The molecule has 0 amide bonds. The molecule has 0 atom stereocenters. The van der Waals surface area contributed by atoms with Crippen LogP contribution in [0.25, 0.3) is 0 Å². The molecule has 3 rings (SSSR count). The molecule has 3 aromatic carbocycles. The Morgan fingerprint density at radius 2 is 1.77 bits per heavy atom. The second-order valence-corrected chi connectivity index (χ2v) is 8.20. The van der Waals surface area contributed by atoms with E-state index in [-0.39, 0.29) is 23.7 Å². The van der Waals surface area contributed by atoms with Crippen molar-refractivity contribution in [3.8, 4) is 11.5 Å². The van der Waals surface area contributed by atoms with Crippen LogP contribution in [-0.2, 0) is 16.6 Å². The number of para-hydroxylation sites is 1. The van der Waals surface area contributed by atoms with Gasteiger partial charge in [-0.25, -0.2) is 8.42 Å². The number of nitro benzene ring substituents is 1. The highest BCUT2D eigenvalue weighted by Crippen LogP contribution is 2.31. The summed E-state index contributed by atoms with van der Waals surface area (Å²) in [7, 11) is -4.21. The van der Waals surface area contributed by atoms with Gasteiger partial charge in [-0.15, -0.1) is 0 Å². The molecule has 0 aromatic heterocycles. The Hall–Kier alpha value is -3.99. The summed E-state index contributed by atoms with van der Waals surface area (Å²) in [6, 6.07) is 14.0. The third kappa shape index (κ3) is 5.14. The molecule has 10 nitrogen and oxygen atoms in total. The quantitative estimate of drug-likeness (QED) is 0.213. The van der Waals surface area contributed by atoms with Crippen molar-refractivity contribution in [2.24, 2.45) is 10.2 Å². The molecule has 0 unspecified atom stereocenters. The first-order valence-electron chi connectivity index (χ1n) is 8.92. The highest BCUT2D eigenvalue weighted by Gasteiger charge is 2.23. The number of aromatic hydroxyl groups is 2. The van der Waals surface area contributed by atoms with Crippen molar-refractivity contribution in [2.75, 3.05) is 4.72 Å². The lowest BCUT2D eigenvalue weighted by Gasteiger charge is -2.11. The maximum absolute atomic E-state index is 13.0. The van der Waals surface area contributed by atoms with E-state index in [1.807, 2.05) is 0 Å². The zero-order valence-corrected chi connectivity index (χ0v) is 17.1. The van der Waals surface area contributed by atoms with Crippen LogP contribution in [-0.4, -0.2) is 23.6 Å². The van der Waals surface area contributed by atoms with E-state index in [9.17, 15) is 28.7 Å². The molecule has 3 N–H and O–H groups in total. The molecule has 0 aliphatic rings.